The lowest BCUT2D eigenvalue weighted by Gasteiger charge is -2.34. The lowest BCUT2D eigenvalue weighted by Crippen LogP contribution is -2.41. The summed E-state index contributed by atoms with van der Waals surface area (Å²) >= 11 is 0. The zero-order valence-electron chi connectivity index (χ0n) is 17.6. The fourth-order valence-electron chi connectivity index (χ4n) is 4.72. The van der Waals surface area contributed by atoms with E-state index in [0.29, 0.717) is 12.1 Å². The monoisotopic (exact) mass is 392 g/mol. The molecule has 0 spiro atoms. The van der Waals surface area contributed by atoms with Crippen LogP contribution in [0, 0.1) is 0 Å². The molecule has 1 saturated heterocycles. The molecule has 2 aliphatic heterocycles. The molecule has 1 fully saturated rings. The Labute approximate surface area is 174 Å². The zero-order valence-corrected chi connectivity index (χ0v) is 17.6. The number of para-hydroxylation sites is 2. The van der Waals surface area contributed by atoms with Gasteiger partial charge in [-0.05, 0) is 58.2 Å². The number of benzene rings is 2. The van der Waals surface area contributed by atoms with Crippen LogP contribution in [-0.4, -0.2) is 36.0 Å². The average molecular weight is 393 g/mol. The van der Waals surface area contributed by atoms with Crippen LogP contribution in [0.5, 0.6) is 5.75 Å². The van der Waals surface area contributed by atoms with Crippen molar-refractivity contribution in [3.8, 4) is 5.75 Å². The van der Waals surface area contributed by atoms with Gasteiger partial charge in [-0.2, -0.15) is 0 Å². The number of likely N-dealkylation sites (tertiary alicyclic amines) is 1. The number of hydrogen-bond donors (Lipinski definition) is 0. The number of fused-ring (bicyclic) bond motifs is 1. The molecular formula is C25H32N2O2. The van der Waals surface area contributed by atoms with Gasteiger partial charge < -0.3 is 9.64 Å². The van der Waals surface area contributed by atoms with Crippen LogP contribution < -0.4 is 9.64 Å². The molecule has 3 atom stereocenters. The summed E-state index contributed by atoms with van der Waals surface area (Å²) in [5.74, 6) is 0.831. The van der Waals surface area contributed by atoms with E-state index in [0.717, 1.165) is 36.4 Å². The quantitative estimate of drug-likeness (QED) is 0.608. The van der Waals surface area contributed by atoms with Crippen LogP contribution in [0.25, 0.3) is 0 Å². The van der Waals surface area contributed by atoms with E-state index in [1.807, 2.05) is 59.5 Å². The highest BCUT2D eigenvalue weighted by atomic mass is 16.5. The summed E-state index contributed by atoms with van der Waals surface area (Å²) in [4.78, 5) is 17.8. The van der Waals surface area contributed by atoms with Crippen molar-refractivity contribution in [3.63, 3.8) is 0 Å². The summed E-state index contributed by atoms with van der Waals surface area (Å²) in [6.07, 6.45) is 5.42. The first-order chi connectivity index (χ1) is 14.1. The van der Waals surface area contributed by atoms with Crippen molar-refractivity contribution >= 4 is 11.6 Å². The topological polar surface area (TPSA) is 32.8 Å². The Hall–Kier alpha value is -2.33. The van der Waals surface area contributed by atoms with Crippen LogP contribution in [0.3, 0.4) is 0 Å². The molecule has 2 aromatic rings. The van der Waals surface area contributed by atoms with E-state index in [2.05, 4.69) is 18.7 Å². The highest BCUT2D eigenvalue weighted by molar-refractivity contribution is 6.00. The van der Waals surface area contributed by atoms with Gasteiger partial charge in [0.1, 0.15) is 5.75 Å². The van der Waals surface area contributed by atoms with Crippen molar-refractivity contribution in [2.24, 2.45) is 0 Å². The first-order valence-electron chi connectivity index (χ1n) is 11.0. The Balaban J connectivity index is 1.38. The van der Waals surface area contributed by atoms with E-state index in [1.54, 1.807) is 0 Å². The van der Waals surface area contributed by atoms with Gasteiger partial charge in [-0.3, -0.25) is 9.69 Å². The van der Waals surface area contributed by atoms with Crippen molar-refractivity contribution in [1.82, 2.24) is 4.90 Å². The minimum atomic E-state index is -0.558. The minimum Gasteiger partial charge on any atom is -0.474 e. The molecule has 0 aromatic heterocycles. The molecule has 0 aliphatic carbocycles. The van der Waals surface area contributed by atoms with Gasteiger partial charge in [0, 0.05) is 24.2 Å². The lowest BCUT2D eigenvalue weighted by molar-refractivity contribution is -0.126. The number of hydrogen-bond acceptors (Lipinski definition) is 3. The van der Waals surface area contributed by atoms with Crippen LogP contribution >= 0.6 is 0 Å². The largest absolute Gasteiger partial charge is 0.474 e. The maximum Gasteiger partial charge on any atom is 0.272 e. The van der Waals surface area contributed by atoms with Crippen molar-refractivity contribution in [3.05, 3.63) is 60.2 Å². The Morgan fingerprint density at radius 3 is 2.28 bits per heavy atom. The molecule has 154 valence electrons. The molecule has 4 rings (SSSR count). The fraction of sp³-hybridized carbons (Fsp3) is 0.480. The first-order valence-corrected chi connectivity index (χ1v) is 11.0. The normalized spacial score (nSPS) is 24.4. The van der Waals surface area contributed by atoms with Gasteiger partial charge in [-0.15, -0.1) is 0 Å². The van der Waals surface area contributed by atoms with E-state index in [4.69, 9.17) is 4.74 Å². The number of anilines is 1. The van der Waals surface area contributed by atoms with Crippen LogP contribution in [0.2, 0.25) is 0 Å². The Morgan fingerprint density at radius 2 is 1.52 bits per heavy atom. The highest BCUT2D eigenvalue weighted by Crippen LogP contribution is 2.38. The third-order valence-corrected chi connectivity index (χ3v) is 6.43. The van der Waals surface area contributed by atoms with Crippen molar-refractivity contribution in [2.45, 2.75) is 64.1 Å². The second-order valence-corrected chi connectivity index (χ2v) is 8.44. The smallest absolute Gasteiger partial charge is 0.272 e. The van der Waals surface area contributed by atoms with Crippen LogP contribution in [0.1, 0.15) is 57.6 Å². The molecule has 1 amide bonds. The lowest BCUT2D eigenvalue weighted by atomic mass is 10.0. The molecule has 29 heavy (non-hydrogen) atoms. The van der Waals surface area contributed by atoms with Gasteiger partial charge in [-0.1, -0.05) is 48.9 Å². The number of unbranched alkanes of at least 4 members (excludes halogenated alkanes) is 2. The number of carbonyl (C=O) groups excluding carboxylic acids is 1. The predicted molar refractivity (Wildman–Crippen MR) is 117 cm³/mol. The molecule has 0 bridgehead atoms. The summed E-state index contributed by atoms with van der Waals surface area (Å²) in [7, 11) is 0. The average Bonchev–Trinajstić information content (AvgIpc) is 3.07. The second-order valence-electron chi connectivity index (χ2n) is 8.44. The third kappa shape index (κ3) is 4.32. The molecule has 3 unspecified atom stereocenters. The molecule has 2 aromatic carbocycles. The Morgan fingerprint density at radius 1 is 0.862 bits per heavy atom. The molecule has 4 nitrogen and oxygen atoms in total. The standard InChI is InChI=1S/C25H32N2O2/c1-19-15-16-20(2)26(19)17-9-4-10-18-27-22-13-7-8-14-23(22)29-24(25(27)28)21-11-5-3-6-12-21/h3,5-8,11-14,19-20,24H,4,9-10,15-18H2,1-2H3. The molecule has 0 N–H and O–H groups in total. The third-order valence-electron chi connectivity index (χ3n) is 6.43. The number of carbonyl (C=O) groups is 1. The Bertz CT molecular complexity index is 813. The molecule has 0 saturated carbocycles. The van der Waals surface area contributed by atoms with E-state index in [-0.39, 0.29) is 5.91 Å². The van der Waals surface area contributed by atoms with Gasteiger partial charge in [0.15, 0.2) is 0 Å². The summed E-state index contributed by atoms with van der Waals surface area (Å²) in [5, 5.41) is 0. The summed E-state index contributed by atoms with van der Waals surface area (Å²) in [6.45, 7) is 6.60. The molecule has 2 heterocycles. The molecular weight excluding hydrogens is 360 g/mol. The van der Waals surface area contributed by atoms with E-state index in [9.17, 15) is 4.79 Å². The number of nitrogens with zero attached hydrogens (tertiary/aromatic N) is 2. The summed E-state index contributed by atoms with van der Waals surface area (Å²) in [5.41, 5.74) is 1.81. The fourth-order valence-corrected chi connectivity index (χ4v) is 4.72. The van der Waals surface area contributed by atoms with E-state index >= 15 is 0 Å². The van der Waals surface area contributed by atoms with Gasteiger partial charge in [-0.25, -0.2) is 0 Å². The van der Waals surface area contributed by atoms with Crippen molar-refractivity contribution in [2.75, 3.05) is 18.0 Å². The number of rotatable bonds is 7. The molecule has 4 heteroatoms. The van der Waals surface area contributed by atoms with Crippen molar-refractivity contribution < 1.29 is 9.53 Å². The second kappa shape index (κ2) is 9.00. The number of ether oxygens (including phenoxy) is 1. The molecule has 2 aliphatic rings. The van der Waals surface area contributed by atoms with Gasteiger partial charge in [0.05, 0.1) is 5.69 Å². The zero-order chi connectivity index (χ0) is 20.2. The van der Waals surface area contributed by atoms with Crippen LogP contribution in [0.4, 0.5) is 5.69 Å². The van der Waals surface area contributed by atoms with E-state index < -0.39 is 6.10 Å². The Kier molecular flexibility index (Phi) is 6.19. The molecule has 0 radical (unpaired) electrons. The minimum absolute atomic E-state index is 0.0386. The van der Waals surface area contributed by atoms with Gasteiger partial charge in [0.2, 0.25) is 6.10 Å². The maximum absolute atomic E-state index is 13.2. The summed E-state index contributed by atoms with van der Waals surface area (Å²) < 4.78 is 6.08. The van der Waals surface area contributed by atoms with Crippen LogP contribution in [-0.2, 0) is 4.79 Å². The first kappa shape index (κ1) is 20.0. The maximum atomic E-state index is 13.2. The van der Waals surface area contributed by atoms with E-state index in [1.165, 1.54) is 25.8 Å². The predicted octanol–water partition coefficient (Wildman–Crippen LogP) is 5.20. The van der Waals surface area contributed by atoms with Gasteiger partial charge >= 0.3 is 0 Å². The van der Waals surface area contributed by atoms with Crippen molar-refractivity contribution in [1.29, 1.82) is 0 Å². The SMILES string of the molecule is CC1CCC(C)N1CCCCCN1C(=O)C(c2ccccc2)Oc2ccccc21. The van der Waals surface area contributed by atoms with Gasteiger partial charge in [0.25, 0.3) is 5.91 Å². The summed E-state index contributed by atoms with van der Waals surface area (Å²) in [6, 6.07) is 19.1. The highest BCUT2D eigenvalue weighted by Gasteiger charge is 2.35. The van der Waals surface area contributed by atoms with Crippen LogP contribution in [0.15, 0.2) is 54.6 Å². The number of amides is 1.